The fraction of sp³-hybridized carbons (Fsp3) is 0.421. The number of hydrogen-bond donors (Lipinski definition) is 0. The average Bonchev–Trinajstić information content (AvgIpc) is 3.16. The predicted molar refractivity (Wildman–Crippen MR) is 121 cm³/mol. The fourth-order valence-electron chi connectivity index (χ4n) is 4.39. The van der Waals surface area contributed by atoms with Gasteiger partial charge >= 0.3 is 5.97 Å². The van der Waals surface area contributed by atoms with E-state index in [1.807, 2.05) is 0 Å². The molecule has 2 amide bonds. The number of benzene rings is 1. The van der Waals surface area contributed by atoms with Crippen LogP contribution < -0.4 is 14.2 Å². The molecule has 2 aliphatic carbocycles. The lowest BCUT2D eigenvalue weighted by Crippen LogP contribution is -2.50. The number of rotatable bonds is 5. The second-order valence-corrected chi connectivity index (χ2v) is 10.6. The number of amides is 2. The van der Waals surface area contributed by atoms with Gasteiger partial charge in [-0.3, -0.25) is 9.59 Å². The maximum atomic E-state index is 13.2. The molecular formula is C19H13Cl6NO7. The van der Waals surface area contributed by atoms with Crippen LogP contribution in [0.2, 0.25) is 0 Å². The van der Waals surface area contributed by atoms with Crippen molar-refractivity contribution in [3.63, 3.8) is 0 Å². The molecule has 1 aliphatic heterocycles. The van der Waals surface area contributed by atoms with E-state index in [1.54, 1.807) is 0 Å². The van der Waals surface area contributed by atoms with Gasteiger partial charge in [-0.05, 0) is 12.1 Å². The van der Waals surface area contributed by atoms with Crippen molar-refractivity contribution in [2.24, 2.45) is 11.8 Å². The molecule has 0 N–H and O–H groups in total. The quantitative estimate of drug-likeness (QED) is 0.381. The summed E-state index contributed by atoms with van der Waals surface area (Å²) in [4.78, 5) is 40.3. The first-order valence-corrected chi connectivity index (χ1v) is 11.3. The summed E-state index contributed by atoms with van der Waals surface area (Å²) in [5.74, 6) is -5.43. The van der Waals surface area contributed by atoms with E-state index in [1.165, 1.54) is 33.5 Å². The van der Waals surface area contributed by atoms with Gasteiger partial charge in [-0.1, -0.05) is 46.4 Å². The van der Waals surface area contributed by atoms with Crippen molar-refractivity contribution in [1.29, 1.82) is 0 Å². The van der Waals surface area contributed by atoms with Crippen LogP contribution in [0, 0.1) is 11.8 Å². The molecule has 0 aromatic heterocycles. The lowest BCUT2D eigenvalue weighted by Gasteiger charge is -2.34. The molecule has 0 radical (unpaired) electrons. The second-order valence-electron chi connectivity index (χ2n) is 7.34. The Balaban J connectivity index is 1.69. The highest BCUT2D eigenvalue weighted by atomic mass is 35.5. The van der Waals surface area contributed by atoms with Crippen LogP contribution in [-0.4, -0.2) is 58.3 Å². The summed E-state index contributed by atoms with van der Waals surface area (Å²) < 4.78 is 13.5. The van der Waals surface area contributed by atoms with Gasteiger partial charge in [-0.15, -0.1) is 28.3 Å². The SMILES string of the molecule is COc1cc(C(=O)ON2C(=O)[C@@H]3[C@H](C2=O)[C@]2(Cl)C(Cl)=C(Cl)[C@]3(Cl)C2(Cl)Cl)cc(OC)c1OC. The molecule has 3 aliphatic rings. The zero-order valence-electron chi connectivity index (χ0n) is 16.9. The predicted octanol–water partition coefficient (Wildman–Crippen LogP) is 4.23. The molecule has 14 heteroatoms. The van der Waals surface area contributed by atoms with Crippen LogP contribution >= 0.6 is 69.6 Å². The number of hydrogen-bond acceptors (Lipinski definition) is 7. The third-order valence-electron chi connectivity index (χ3n) is 5.94. The Bertz CT molecular complexity index is 1070. The first-order valence-electron chi connectivity index (χ1n) is 9.06. The monoisotopic (exact) mass is 577 g/mol. The van der Waals surface area contributed by atoms with E-state index in [0.29, 0.717) is 0 Å². The van der Waals surface area contributed by atoms with E-state index in [0.717, 1.165) is 0 Å². The van der Waals surface area contributed by atoms with Gasteiger partial charge in [0.05, 0.1) is 48.8 Å². The summed E-state index contributed by atoms with van der Waals surface area (Å²) in [5, 5.41) is -0.255. The normalized spacial score (nSPS) is 31.7. The van der Waals surface area contributed by atoms with Crippen LogP contribution in [0.1, 0.15) is 10.4 Å². The van der Waals surface area contributed by atoms with E-state index in [2.05, 4.69) is 0 Å². The second kappa shape index (κ2) is 7.86. The molecule has 0 spiro atoms. The largest absolute Gasteiger partial charge is 0.493 e. The van der Waals surface area contributed by atoms with Gasteiger partial charge < -0.3 is 19.0 Å². The number of halogens is 6. The maximum Gasteiger partial charge on any atom is 0.364 e. The minimum atomic E-state index is -2.09. The van der Waals surface area contributed by atoms with Crippen molar-refractivity contribution < 1.29 is 33.4 Å². The van der Waals surface area contributed by atoms with Crippen molar-refractivity contribution >= 4 is 87.4 Å². The first kappa shape index (κ1) is 24.8. The van der Waals surface area contributed by atoms with Gasteiger partial charge in [0.25, 0.3) is 11.8 Å². The number of imide groups is 1. The van der Waals surface area contributed by atoms with E-state index >= 15 is 0 Å². The molecule has 1 aromatic rings. The average molecular weight is 580 g/mol. The zero-order chi connectivity index (χ0) is 24.7. The topological polar surface area (TPSA) is 91.4 Å². The number of fused-ring (bicyclic) bond motifs is 5. The van der Waals surface area contributed by atoms with Gasteiger partial charge in [0.15, 0.2) is 15.8 Å². The summed E-state index contributed by atoms with van der Waals surface area (Å²) >= 11 is 38.5. The number of nitrogens with zero attached hydrogens (tertiary/aromatic N) is 1. The number of carbonyl (C=O) groups excluding carboxylic acids is 3. The molecule has 1 saturated heterocycles. The third-order valence-corrected chi connectivity index (χ3v) is 10.2. The summed E-state index contributed by atoms with van der Waals surface area (Å²) in [5.41, 5.74) is -0.107. The number of allylic oxidation sites excluding steroid dienone is 2. The van der Waals surface area contributed by atoms with E-state index in [4.69, 9.17) is 88.7 Å². The maximum absolute atomic E-state index is 13.2. The highest BCUT2D eigenvalue weighted by Crippen LogP contribution is 2.77. The van der Waals surface area contributed by atoms with Gasteiger partial charge in [-0.25, -0.2) is 4.79 Å². The van der Waals surface area contributed by atoms with Crippen LogP contribution in [0.4, 0.5) is 0 Å². The molecule has 4 atom stereocenters. The van der Waals surface area contributed by atoms with Crippen molar-refractivity contribution in [2.45, 2.75) is 14.1 Å². The molecule has 8 nitrogen and oxygen atoms in total. The highest BCUT2D eigenvalue weighted by molar-refractivity contribution is 6.66. The van der Waals surface area contributed by atoms with Crippen LogP contribution in [0.5, 0.6) is 17.2 Å². The number of carbonyl (C=O) groups is 3. The van der Waals surface area contributed by atoms with E-state index in [9.17, 15) is 14.4 Å². The molecule has 4 rings (SSSR count). The Hall–Kier alpha value is -1.29. The Labute approximate surface area is 217 Å². The molecular weight excluding hydrogens is 567 g/mol. The highest BCUT2D eigenvalue weighted by Gasteiger charge is 2.88. The van der Waals surface area contributed by atoms with Gasteiger partial charge in [0, 0.05) is 0 Å². The molecule has 2 fully saturated rings. The Kier molecular flexibility index (Phi) is 5.92. The Morgan fingerprint density at radius 2 is 1.27 bits per heavy atom. The van der Waals surface area contributed by atoms with Crippen LogP contribution in [0.25, 0.3) is 0 Å². The molecule has 178 valence electrons. The van der Waals surface area contributed by atoms with E-state index in [-0.39, 0.29) is 37.9 Å². The first-order chi connectivity index (χ1) is 15.3. The third kappa shape index (κ3) is 2.82. The van der Waals surface area contributed by atoms with Gasteiger partial charge in [-0.2, -0.15) is 0 Å². The van der Waals surface area contributed by atoms with Crippen LogP contribution in [-0.2, 0) is 14.4 Å². The molecule has 2 bridgehead atoms. The lowest BCUT2D eigenvalue weighted by atomic mass is 9.84. The standard InChI is InChI=1S/C19H13Cl6NO7/c1-30-7-4-6(5-8(31-2)11(7)32-3)16(29)33-26-14(27)9-10(15(26)28)18(23)13(21)12(20)17(9,22)19(18,24)25/h4-5,9-10H,1-3H3/t9-,10+,17-,18-/m0/s1. The van der Waals surface area contributed by atoms with Crippen LogP contribution in [0.3, 0.4) is 0 Å². The number of hydroxylamine groups is 2. The summed E-state index contributed by atoms with van der Waals surface area (Å²) in [7, 11) is 4.08. The number of methoxy groups -OCH3 is 3. The van der Waals surface area contributed by atoms with Crippen molar-refractivity contribution in [1.82, 2.24) is 5.06 Å². The fourth-order valence-corrected chi connectivity index (χ4v) is 7.32. The minimum Gasteiger partial charge on any atom is -0.493 e. The lowest BCUT2D eigenvalue weighted by molar-refractivity contribution is -0.175. The van der Waals surface area contributed by atoms with Gasteiger partial charge in [0.2, 0.25) is 5.75 Å². The number of ether oxygens (including phenoxy) is 3. The molecule has 1 aromatic carbocycles. The smallest absolute Gasteiger partial charge is 0.364 e. The minimum absolute atomic E-state index is 0.107. The summed E-state index contributed by atoms with van der Waals surface area (Å²) in [6, 6.07) is 2.56. The molecule has 1 heterocycles. The molecule has 0 unspecified atom stereocenters. The Morgan fingerprint density at radius 1 is 0.848 bits per heavy atom. The van der Waals surface area contributed by atoms with Crippen molar-refractivity contribution in [2.75, 3.05) is 21.3 Å². The number of alkyl halides is 4. The van der Waals surface area contributed by atoms with Gasteiger partial charge in [0.1, 0.15) is 9.75 Å². The van der Waals surface area contributed by atoms with Crippen LogP contribution in [0.15, 0.2) is 22.2 Å². The Morgan fingerprint density at radius 3 is 1.64 bits per heavy atom. The van der Waals surface area contributed by atoms with Crippen molar-refractivity contribution in [3.05, 3.63) is 27.8 Å². The van der Waals surface area contributed by atoms with Crippen molar-refractivity contribution in [3.8, 4) is 17.2 Å². The summed E-state index contributed by atoms with van der Waals surface area (Å²) in [6.07, 6.45) is 0. The summed E-state index contributed by atoms with van der Waals surface area (Å²) in [6.45, 7) is 0. The van der Waals surface area contributed by atoms with E-state index < -0.39 is 43.7 Å². The zero-order valence-corrected chi connectivity index (χ0v) is 21.4. The molecule has 1 saturated carbocycles. The molecule has 33 heavy (non-hydrogen) atoms.